The molecule has 0 spiro atoms. The largest absolute Gasteiger partial charge is 0.352 e. The molecule has 0 bridgehead atoms. The lowest BCUT2D eigenvalue weighted by atomic mass is 10.0. The number of unbranched alkanes of at least 4 members (excludes halogenated alkanes) is 1. The molecule has 0 saturated carbocycles. The first kappa shape index (κ1) is 20.7. The maximum atomic E-state index is 13.6. The monoisotopic (exact) mass is 396 g/mol. The molecule has 2 amide bonds. The molecule has 29 heavy (non-hydrogen) atoms. The molecule has 3 rings (SSSR count). The Morgan fingerprint density at radius 1 is 1.17 bits per heavy atom. The first-order valence-electron chi connectivity index (χ1n) is 9.92. The Morgan fingerprint density at radius 3 is 2.69 bits per heavy atom. The number of rotatable bonds is 5. The normalized spacial score (nSPS) is 16.2. The van der Waals surface area contributed by atoms with Crippen LogP contribution in [-0.4, -0.2) is 30.2 Å². The van der Waals surface area contributed by atoms with Gasteiger partial charge >= 0.3 is 0 Å². The Morgan fingerprint density at radius 2 is 1.97 bits per heavy atom. The highest BCUT2D eigenvalue weighted by Crippen LogP contribution is 2.31. The third-order valence-corrected chi connectivity index (χ3v) is 5.06. The van der Waals surface area contributed by atoms with Crippen LogP contribution in [0.1, 0.15) is 59.4 Å². The second-order valence-corrected chi connectivity index (χ2v) is 7.41. The summed E-state index contributed by atoms with van der Waals surface area (Å²) in [5.74, 6) is -1.06. The maximum absolute atomic E-state index is 13.6. The van der Waals surface area contributed by atoms with Crippen molar-refractivity contribution < 1.29 is 18.8 Å². The summed E-state index contributed by atoms with van der Waals surface area (Å²) in [4.78, 5) is 39.5. The molecule has 1 aliphatic rings. The minimum absolute atomic E-state index is 0.00293. The minimum atomic E-state index is -0.492. The van der Waals surface area contributed by atoms with Gasteiger partial charge in [0.05, 0.1) is 0 Å². The van der Waals surface area contributed by atoms with Gasteiger partial charge in [-0.15, -0.1) is 0 Å². The van der Waals surface area contributed by atoms with Gasteiger partial charge in [-0.2, -0.15) is 0 Å². The molecule has 1 heterocycles. The van der Waals surface area contributed by atoms with Gasteiger partial charge in [-0.05, 0) is 55.3 Å². The number of carbonyl (C=O) groups is 3. The number of ketones is 1. The number of nitrogens with one attached hydrogen (secondary N) is 1. The van der Waals surface area contributed by atoms with Gasteiger partial charge in [0.2, 0.25) is 0 Å². The van der Waals surface area contributed by atoms with E-state index in [1.54, 1.807) is 31.2 Å². The Balaban J connectivity index is 1.96. The average Bonchev–Trinajstić information content (AvgIpc) is 2.81. The third-order valence-electron chi connectivity index (χ3n) is 5.06. The van der Waals surface area contributed by atoms with Gasteiger partial charge in [0, 0.05) is 42.2 Å². The third kappa shape index (κ3) is 4.70. The molecular weight excluding hydrogens is 371 g/mol. The fraction of sp³-hybridized carbons (Fsp3) is 0.348. The second kappa shape index (κ2) is 8.99. The van der Waals surface area contributed by atoms with Crippen molar-refractivity contribution in [1.29, 1.82) is 0 Å². The van der Waals surface area contributed by atoms with Crippen molar-refractivity contribution in [1.82, 2.24) is 5.32 Å². The first-order valence-corrected chi connectivity index (χ1v) is 9.92. The molecule has 2 aromatic carbocycles. The van der Waals surface area contributed by atoms with Crippen molar-refractivity contribution in [3.8, 4) is 0 Å². The zero-order valence-corrected chi connectivity index (χ0v) is 16.7. The lowest BCUT2D eigenvalue weighted by Gasteiger charge is -2.29. The van der Waals surface area contributed by atoms with E-state index in [1.165, 1.54) is 23.1 Å². The first-order chi connectivity index (χ1) is 13.9. The number of anilines is 1. The number of halogens is 1. The molecule has 0 aliphatic carbocycles. The highest BCUT2D eigenvalue weighted by Gasteiger charge is 2.31. The lowest BCUT2D eigenvalue weighted by Crippen LogP contribution is -2.39. The Labute approximate surface area is 169 Å². The zero-order chi connectivity index (χ0) is 21.0. The molecule has 1 unspecified atom stereocenters. The zero-order valence-electron chi connectivity index (χ0n) is 16.7. The molecule has 0 aromatic heterocycles. The van der Waals surface area contributed by atoms with E-state index in [0.29, 0.717) is 23.4 Å². The summed E-state index contributed by atoms with van der Waals surface area (Å²) in [5.41, 5.74) is 1.90. The van der Waals surface area contributed by atoms with Crippen LogP contribution in [0.2, 0.25) is 0 Å². The van der Waals surface area contributed by atoms with Crippen molar-refractivity contribution in [2.75, 3.05) is 11.4 Å². The SMILES string of the molecule is CCCCNC(=O)c1ccc2c(c1)CC(=O)CC(C)N2C(=O)c1cccc(F)c1. The number of nitrogens with zero attached hydrogens (tertiary/aromatic N) is 1. The van der Waals surface area contributed by atoms with Crippen LogP contribution in [0.3, 0.4) is 0 Å². The van der Waals surface area contributed by atoms with E-state index in [9.17, 15) is 18.8 Å². The average molecular weight is 396 g/mol. The minimum Gasteiger partial charge on any atom is -0.352 e. The number of fused-ring (bicyclic) bond motifs is 1. The quantitative estimate of drug-likeness (QED) is 0.780. The second-order valence-electron chi connectivity index (χ2n) is 7.41. The number of carbonyl (C=O) groups excluding carboxylic acids is 3. The number of amides is 2. The molecule has 0 fully saturated rings. The highest BCUT2D eigenvalue weighted by molar-refractivity contribution is 6.08. The van der Waals surface area contributed by atoms with E-state index < -0.39 is 5.82 Å². The molecule has 6 heteroatoms. The van der Waals surface area contributed by atoms with Crippen LogP contribution in [0.4, 0.5) is 10.1 Å². The molecule has 1 aliphatic heterocycles. The van der Waals surface area contributed by atoms with Crippen LogP contribution in [0, 0.1) is 5.82 Å². The summed E-state index contributed by atoms with van der Waals surface area (Å²) in [5, 5.41) is 2.86. The summed E-state index contributed by atoms with van der Waals surface area (Å²) >= 11 is 0. The van der Waals surface area contributed by atoms with Gasteiger partial charge in [0.15, 0.2) is 0 Å². The molecular formula is C23H25FN2O3. The van der Waals surface area contributed by atoms with E-state index in [0.717, 1.165) is 12.8 Å². The lowest BCUT2D eigenvalue weighted by molar-refractivity contribution is -0.118. The summed E-state index contributed by atoms with van der Waals surface area (Å²) in [7, 11) is 0. The molecule has 152 valence electrons. The molecule has 1 atom stereocenters. The Hall–Kier alpha value is -3.02. The maximum Gasteiger partial charge on any atom is 0.258 e. The van der Waals surface area contributed by atoms with E-state index in [4.69, 9.17) is 0 Å². The van der Waals surface area contributed by atoms with Gasteiger partial charge in [-0.25, -0.2) is 4.39 Å². The smallest absolute Gasteiger partial charge is 0.258 e. The van der Waals surface area contributed by atoms with Crippen LogP contribution in [0.25, 0.3) is 0 Å². The van der Waals surface area contributed by atoms with Gasteiger partial charge in [-0.1, -0.05) is 19.4 Å². The topological polar surface area (TPSA) is 66.5 Å². The number of benzene rings is 2. The fourth-order valence-electron chi connectivity index (χ4n) is 3.60. The number of Topliss-reactive ketones (excluding diaryl/α,β-unsaturated/α-hetero) is 1. The molecule has 2 aromatic rings. The van der Waals surface area contributed by atoms with Gasteiger partial charge < -0.3 is 10.2 Å². The van der Waals surface area contributed by atoms with Crippen LogP contribution in [-0.2, 0) is 11.2 Å². The van der Waals surface area contributed by atoms with Gasteiger partial charge in [0.25, 0.3) is 11.8 Å². The van der Waals surface area contributed by atoms with E-state index in [-0.39, 0.29) is 42.0 Å². The summed E-state index contributed by atoms with van der Waals surface area (Å²) in [6, 6.07) is 10.2. The molecule has 0 radical (unpaired) electrons. The van der Waals surface area contributed by atoms with E-state index in [1.807, 2.05) is 6.92 Å². The van der Waals surface area contributed by atoms with Gasteiger partial charge in [-0.3, -0.25) is 14.4 Å². The Kier molecular flexibility index (Phi) is 6.42. The van der Waals surface area contributed by atoms with Crippen molar-refractivity contribution in [3.05, 3.63) is 65.0 Å². The Bertz CT molecular complexity index is 941. The fourth-order valence-corrected chi connectivity index (χ4v) is 3.60. The highest BCUT2D eigenvalue weighted by atomic mass is 19.1. The predicted molar refractivity (Wildman–Crippen MR) is 110 cm³/mol. The molecule has 1 N–H and O–H groups in total. The molecule has 5 nitrogen and oxygen atoms in total. The van der Waals surface area contributed by atoms with E-state index >= 15 is 0 Å². The predicted octanol–water partition coefficient (Wildman–Crippen LogP) is 3.91. The summed E-state index contributed by atoms with van der Waals surface area (Å²) in [6.45, 7) is 4.44. The van der Waals surface area contributed by atoms with Crippen LogP contribution >= 0.6 is 0 Å². The number of hydrogen-bond acceptors (Lipinski definition) is 3. The van der Waals surface area contributed by atoms with Crippen LogP contribution in [0.5, 0.6) is 0 Å². The number of hydrogen-bond donors (Lipinski definition) is 1. The summed E-state index contributed by atoms with van der Waals surface area (Å²) < 4.78 is 13.6. The van der Waals surface area contributed by atoms with Crippen molar-refractivity contribution in [2.45, 2.75) is 45.6 Å². The van der Waals surface area contributed by atoms with Gasteiger partial charge in [0.1, 0.15) is 11.6 Å². The van der Waals surface area contributed by atoms with Crippen LogP contribution < -0.4 is 10.2 Å². The van der Waals surface area contributed by atoms with Crippen molar-refractivity contribution in [2.24, 2.45) is 0 Å². The van der Waals surface area contributed by atoms with E-state index in [2.05, 4.69) is 5.32 Å². The van der Waals surface area contributed by atoms with Crippen LogP contribution in [0.15, 0.2) is 42.5 Å². The standard InChI is InChI=1S/C23H25FN2O3/c1-3-4-10-25-22(28)16-8-9-21-18(12-16)14-20(27)11-15(2)26(21)23(29)17-6-5-7-19(24)13-17/h5-9,12-13,15H,3-4,10-11,14H2,1-2H3,(H,25,28). The van der Waals surface area contributed by atoms with Crippen molar-refractivity contribution in [3.63, 3.8) is 0 Å². The van der Waals surface area contributed by atoms with Crippen molar-refractivity contribution >= 4 is 23.3 Å². The molecule has 0 saturated heterocycles. The summed E-state index contributed by atoms with van der Waals surface area (Å²) in [6.07, 6.45) is 2.23.